The van der Waals surface area contributed by atoms with Crippen LogP contribution in [-0.4, -0.2) is 37.7 Å². The van der Waals surface area contributed by atoms with Gasteiger partial charge in [-0.05, 0) is 44.9 Å². The van der Waals surface area contributed by atoms with Gasteiger partial charge in [-0.2, -0.15) is 0 Å². The molecule has 0 bridgehead atoms. The van der Waals surface area contributed by atoms with Crippen LogP contribution < -0.4 is 4.90 Å². The minimum atomic E-state index is -0.489. The fourth-order valence-corrected chi connectivity index (χ4v) is 3.27. The molecule has 0 fully saturated rings. The van der Waals surface area contributed by atoms with Gasteiger partial charge < -0.3 is 19.1 Å². The highest BCUT2D eigenvalue weighted by Crippen LogP contribution is 2.30. The molecule has 0 atom stereocenters. The second-order valence-corrected chi connectivity index (χ2v) is 7.56. The zero-order chi connectivity index (χ0) is 24.2. The van der Waals surface area contributed by atoms with Gasteiger partial charge in [0.1, 0.15) is 0 Å². The molecule has 1 aliphatic rings. The van der Waals surface area contributed by atoms with Crippen molar-refractivity contribution in [2.24, 2.45) is 0 Å². The molecule has 2 rings (SSSR count). The molecule has 7 nitrogen and oxygen atoms in total. The normalized spacial score (nSPS) is 13.7. The number of esters is 3. The maximum Gasteiger partial charge on any atom is 0.335 e. The number of carbonyl (C=O) groups excluding carboxylic acids is 3. The van der Waals surface area contributed by atoms with Crippen LogP contribution in [0.5, 0.6) is 0 Å². The Labute approximate surface area is 195 Å². The van der Waals surface area contributed by atoms with E-state index >= 15 is 0 Å². The van der Waals surface area contributed by atoms with Crippen molar-refractivity contribution in [3.8, 4) is 0 Å². The molecule has 0 spiro atoms. The Morgan fingerprint density at radius 1 is 0.909 bits per heavy atom. The summed E-state index contributed by atoms with van der Waals surface area (Å²) in [5.41, 5.74) is 2.57. The zero-order valence-corrected chi connectivity index (χ0v) is 19.9. The van der Waals surface area contributed by atoms with Crippen LogP contribution >= 0.6 is 0 Å². The fourth-order valence-electron chi connectivity index (χ4n) is 3.27. The van der Waals surface area contributed by atoms with Gasteiger partial charge in [-0.3, -0.25) is 0 Å². The zero-order valence-electron chi connectivity index (χ0n) is 19.9. The van der Waals surface area contributed by atoms with Crippen LogP contribution in [0.15, 0.2) is 53.4 Å². The summed E-state index contributed by atoms with van der Waals surface area (Å²) in [7, 11) is 0. The molecule has 1 aromatic rings. The Hall–Kier alpha value is -3.35. The lowest BCUT2D eigenvalue weighted by molar-refractivity contribution is -0.140. The molecule has 0 aromatic heterocycles. The lowest BCUT2D eigenvalue weighted by Gasteiger charge is -2.25. The summed E-state index contributed by atoms with van der Waals surface area (Å²) in [4.78, 5) is 38.9. The molecule has 33 heavy (non-hydrogen) atoms. The van der Waals surface area contributed by atoms with Gasteiger partial charge >= 0.3 is 17.9 Å². The number of anilines is 1. The molecule has 1 aliphatic heterocycles. The number of para-hydroxylation sites is 1. The third-order valence-corrected chi connectivity index (χ3v) is 4.94. The first-order chi connectivity index (χ1) is 15.9. The summed E-state index contributed by atoms with van der Waals surface area (Å²) in [6.07, 6.45) is 8.05. The molecule has 1 aromatic carbocycles. The number of rotatable bonds is 11. The number of hydrogen-bond donors (Lipinski definition) is 0. The fraction of sp³-hybridized carbons (Fsp3) is 0.423. The Bertz CT molecular complexity index is 910. The summed E-state index contributed by atoms with van der Waals surface area (Å²) in [5.74, 6) is -1.35. The second kappa shape index (κ2) is 13.3. The average Bonchev–Trinajstić information content (AvgIpc) is 2.82. The van der Waals surface area contributed by atoms with Crippen LogP contribution in [0.2, 0.25) is 0 Å². The summed E-state index contributed by atoms with van der Waals surface area (Å²) >= 11 is 0. The van der Waals surface area contributed by atoms with Gasteiger partial charge in [0.2, 0.25) is 0 Å². The molecule has 0 aliphatic carbocycles. The van der Waals surface area contributed by atoms with E-state index in [1.807, 2.05) is 24.3 Å². The van der Waals surface area contributed by atoms with Crippen LogP contribution in [-0.2, 0) is 28.6 Å². The van der Waals surface area contributed by atoms with E-state index in [2.05, 4.69) is 6.92 Å². The lowest BCUT2D eigenvalue weighted by atomic mass is 10.0. The van der Waals surface area contributed by atoms with Crippen LogP contribution in [0.1, 0.15) is 58.9 Å². The van der Waals surface area contributed by atoms with Crippen molar-refractivity contribution in [2.45, 2.75) is 53.4 Å². The first-order valence-electron chi connectivity index (χ1n) is 11.4. The lowest BCUT2D eigenvalue weighted by Crippen LogP contribution is -2.23. The third kappa shape index (κ3) is 7.63. The van der Waals surface area contributed by atoms with Crippen LogP contribution in [0.3, 0.4) is 0 Å². The molecule has 0 amide bonds. The predicted molar refractivity (Wildman–Crippen MR) is 127 cm³/mol. The Morgan fingerprint density at radius 2 is 1.52 bits per heavy atom. The minimum Gasteiger partial charge on any atom is -0.463 e. The highest BCUT2D eigenvalue weighted by atomic mass is 16.5. The highest BCUT2D eigenvalue weighted by Gasteiger charge is 2.25. The highest BCUT2D eigenvalue weighted by molar-refractivity contribution is 5.98. The second-order valence-electron chi connectivity index (χ2n) is 7.56. The maximum atomic E-state index is 12.4. The number of unbranched alkanes of at least 4 members (excludes halogenated alkanes) is 2. The van der Waals surface area contributed by atoms with Crippen molar-refractivity contribution in [3.63, 3.8) is 0 Å². The number of ether oxygens (including phenoxy) is 3. The van der Waals surface area contributed by atoms with E-state index in [-0.39, 0.29) is 25.6 Å². The first-order valence-corrected chi connectivity index (χ1v) is 11.4. The molecular formula is C26H33NO6. The van der Waals surface area contributed by atoms with E-state index in [1.54, 1.807) is 44.1 Å². The van der Waals surface area contributed by atoms with E-state index < -0.39 is 11.9 Å². The molecule has 178 valence electrons. The van der Waals surface area contributed by atoms with Crippen molar-refractivity contribution in [1.82, 2.24) is 0 Å². The molecule has 7 heteroatoms. The van der Waals surface area contributed by atoms with Gasteiger partial charge in [0.25, 0.3) is 0 Å². The van der Waals surface area contributed by atoms with E-state index in [9.17, 15) is 14.4 Å². The van der Waals surface area contributed by atoms with Gasteiger partial charge in [-0.25, -0.2) is 14.4 Å². The molecule has 1 heterocycles. The largest absolute Gasteiger partial charge is 0.463 e. The number of carbonyl (C=O) groups is 3. The SMILES string of the molecule is CCCCCOC(=O)/C(C)=C/c1ccccc1N1C=C(C(=O)OCC)CC(C(=O)OCC)=C1. The van der Waals surface area contributed by atoms with Gasteiger partial charge in [0.05, 0.1) is 36.7 Å². The maximum absolute atomic E-state index is 12.4. The van der Waals surface area contributed by atoms with E-state index in [0.717, 1.165) is 24.8 Å². The van der Waals surface area contributed by atoms with Crippen molar-refractivity contribution in [3.05, 3.63) is 58.9 Å². The molecule has 0 saturated heterocycles. The monoisotopic (exact) mass is 455 g/mol. The predicted octanol–water partition coefficient (Wildman–Crippen LogP) is 4.93. The summed E-state index contributed by atoms with van der Waals surface area (Å²) in [6, 6.07) is 7.39. The van der Waals surface area contributed by atoms with Gasteiger partial charge in [0, 0.05) is 24.4 Å². The molecule has 0 unspecified atom stereocenters. The molecule has 0 N–H and O–H groups in total. The van der Waals surface area contributed by atoms with Crippen LogP contribution in [0.25, 0.3) is 6.08 Å². The van der Waals surface area contributed by atoms with Gasteiger partial charge in [0.15, 0.2) is 0 Å². The van der Waals surface area contributed by atoms with E-state index in [4.69, 9.17) is 14.2 Å². The number of benzene rings is 1. The van der Waals surface area contributed by atoms with Gasteiger partial charge in [-0.15, -0.1) is 0 Å². The minimum absolute atomic E-state index is 0.120. The van der Waals surface area contributed by atoms with Crippen molar-refractivity contribution >= 4 is 29.7 Å². The molecule has 0 radical (unpaired) electrons. The average molecular weight is 456 g/mol. The van der Waals surface area contributed by atoms with Crippen molar-refractivity contribution < 1.29 is 28.6 Å². The van der Waals surface area contributed by atoms with Crippen molar-refractivity contribution in [1.29, 1.82) is 0 Å². The number of hydrogen-bond acceptors (Lipinski definition) is 7. The first kappa shape index (κ1) is 25.9. The van der Waals surface area contributed by atoms with E-state index in [0.29, 0.717) is 29.0 Å². The molecule has 0 saturated carbocycles. The summed E-state index contributed by atoms with van der Waals surface area (Å²) < 4.78 is 15.6. The van der Waals surface area contributed by atoms with E-state index in [1.165, 1.54) is 0 Å². The summed E-state index contributed by atoms with van der Waals surface area (Å²) in [5, 5.41) is 0. The van der Waals surface area contributed by atoms with Crippen LogP contribution in [0, 0.1) is 0 Å². The standard InChI is InChI=1S/C26H33NO6/c1-5-8-11-14-33-24(28)19(4)15-20-12-9-10-13-23(20)27-17-21(25(29)31-6-2)16-22(18-27)26(30)32-7-3/h9-10,12-13,15,17-18H,5-8,11,14,16H2,1-4H3/b19-15+. The van der Waals surface area contributed by atoms with Gasteiger partial charge in [-0.1, -0.05) is 38.0 Å². The van der Waals surface area contributed by atoms with Crippen LogP contribution in [0.4, 0.5) is 5.69 Å². The summed E-state index contributed by atoms with van der Waals surface area (Å²) in [6.45, 7) is 8.10. The Kier molecular flexibility index (Phi) is 10.4. The molecular weight excluding hydrogens is 422 g/mol. The quantitative estimate of drug-likeness (QED) is 0.203. The smallest absolute Gasteiger partial charge is 0.335 e. The third-order valence-electron chi connectivity index (χ3n) is 4.94. The Morgan fingerprint density at radius 3 is 2.09 bits per heavy atom. The van der Waals surface area contributed by atoms with Crippen molar-refractivity contribution in [2.75, 3.05) is 24.7 Å². The topological polar surface area (TPSA) is 82.1 Å². The Balaban J connectivity index is 2.36. The number of nitrogens with zero attached hydrogens (tertiary/aromatic N) is 1.